The van der Waals surface area contributed by atoms with E-state index in [1.807, 2.05) is 18.3 Å². The minimum atomic E-state index is -0.748. The molecule has 0 aliphatic rings. The fourth-order valence-corrected chi connectivity index (χ4v) is 2.59. The van der Waals surface area contributed by atoms with Gasteiger partial charge in [-0.3, -0.25) is 4.79 Å². The largest absolute Gasteiger partial charge is 0.481 e. The number of unbranched alkanes of at least 4 members (excludes halogenated alkanes) is 5. The number of rotatable bonds is 10. The van der Waals surface area contributed by atoms with Gasteiger partial charge in [0.1, 0.15) is 13.0 Å². The van der Waals surface area contributed by atoms with Crippen LogP contribution in [-0.4, -0.2) is 11.1 Å². The summed E-state index contributed by atoms with van der Waals surface area (Å²) in [7, 11) is 0. The van der Waals surface area contributed by atoms with E-state index in [0.29, 0.717) is 0 Å². The van der Waals surface area contributed by atoms with Crippen molar-refractivity contribution in [3.63, 3.8) is 0 Å². The minimum absolute atomic E-state index is 0.125. The molecule has 1 aromatic rings. The van der Waals surface area contributed by atoms with E-state index in [1.54, 1.807) is 0 Å². The van der Waals surface area contributed by atoms with Crippen molar-refractivity contribution in [3.8, 4) is 0 Å². The summed E-state index contributed by atoms with van der Waals surface area (Å²) in [5, 5.41) is 9.07. The molecule has 0 unspecified atom stereocenters. The molecular formula is C17H28NO2+. The fourth-order valence-electron chi connectivity index (χ4n) is 2.59. The SMILES string of the molecule is CCCCCCCC[n+]1cccc(CC)c1CC(=O)O. The molecule has 0 aliphatic heterocycles. The molecule has 1 N–H and O–H groups in total. The number of aromatic nitrogens is 1. The maximum Gasteiger partial charge on any atom is 0.314 e. The van der Waals surface area contributed by atoms with Gasteiger partial charge in [0, 0.05) is 18.1 Å². The van der Waals surface area contributed by atoms with Crippen LogP contribution in [0.15, 0.2) is 18.3 Å². The molecule has 1 rings (SSSR count). The highest BCUT2D eigenvalue weighted by Gasteiger charge is 2.17. The molecule has 1 aromatic heterocycles. The molecule has 0 bridgehead atoms. The number of carboxylic acid groups (broad SMARTS) is 1. The monoisotopic (exact) mass is 278 g/mol. The van der Waals surface area contributed by atoms with Crippen LogP contribution in [0.4, 0.5) is 0 Å². The number of nitrogens with zero attached hydrogens (tertiary/aromatic N) is 1. The molecule has 0 aromatic carbocycles. The van der Waals surface area contributed by atoms with E-state index in [-0.39, 0.29) is 6.42 Å². The molecule has 3 heteroatoms. The molecule has 0 fully saturated rings. The normalized spacial score (nSPS) is 10.7. The van der Waals surface area contributed by atoms with Crippen LogP contribution in [-0.2, 0) is 24.2 Å². The van der Waals surface area contributed by atoms with Crippen LogP contribution in [0, 0.1) is 0 Å². The predicted octanol–water partition coefficient (Wildman–Crippen LogP) is 3.52. The van der Waals surface area contributed by atoms with E-state index in [1.165, 1.54) is 32.1 Å². The average Bonchev–Trinajstić information content (AvgIpc) is 2.43. The first-order valence-electron chi connectivity index (χ1n) is 7.91. The molecule has 0 radical (unpaired) electrons. The van der Waals surface area contributed by atoms with E-state index in [2.05, 4.69) is 18.4 Å². The first-order valence-corrected chi connectivity index (χ1v) is 7.91. The summed E-state index contributed by atoms with van der Waals surface area (Å²) in [6, 6.07) is 4.07. The third-order valence-electron chi connectivity index (χ3n) is 3.73. The summed E-state index contributed by atoms with van der Waals surface area (Å²) in [4.78, 5) is 11.0. The van der Waals surface area contributed by atoms with Crippen LogP contribution in [0.2, 0.25) is 0 Å². The summed E-state index contributed by atoms with van der Waals surface area (Å²) in [6.07, 6.45) is 10.6. The lowest BCUT2D eigenvalue weighted by Gasteiger charge is -2.07. The number of hydrogen-bond acceptors (Lipinski definition) is 1. The Balaban J connectivity index is 2.57. The second kappa shape index (κ2) is 9.51. The number of aryl methyl sites for hydroxylation is 2. The lowest BCUT2D eigenvalue weighted by Crippen LogP contribution is -2.40. The third kappa shape index (κ3) is 5.72. The van der Waals surface area contributed by atoms with E-state index < -0.39 is 5.97 Å². The number of carboxylic acids is 1. The Bertz CT molecular complexity index is 415. The first kappa shape index (κ1) is 16.7. The zero-order valence-electron chi connectivity index (χ0n) is 12.9. The van der Waals surface area contributed by atoms with Crippen molar-refractivity contribution in [2.45, 2.75) is 71.8 Å². The maximum atomic E-state index is 11.0. The summed E-state index contributed by atoms with van der Waals surface area (Å²) < 4.78 is 2.13. The average molecular weight is 278 g/mol. The van der Waals surface area contributed by atoms with Crippen molar-refractivity contribution < 1.29 is 14.5 Å². The molecule has 20 heavy (non-hydrogen) atoms. The highest BCUT2D eigenvalue weighted by Crippen LogP contribution is 2.08. The highest BCUT2D eigenvalue weighted by molar-refractivity contribution is 5.69. The van der Waals surface area contributed by atoms with E-state index >= 15 is 0 Å². The third-order valence-corrected chi connectivity index (χ3v) is 3.73. The smallest absolute Gasteiger partial charge is 0.314 e. The van der Waals surface area contributed by atoms with Gasteiger partial charge in [0.25, 0.3) is 0 Å². The second-order valence-corrected chi connectivity index (χ2v) is 5.37. The Hall–Kier alpha value is -1.38. The molecule has 0 amide bonds. The Kier molecular flexibility index (Phi) is 7.93. The molecule has 112 valence electrons. The Morgan fingerprint density at radius 3 is 2.50 bits per heavy atom. The lowest BCUT2D eigenvalue weighted by molar-refractivity contribution is -0.704. The standard InChI is InChI=1S/C17H27NO2/c1-3-5-6-7-8-9-12-18-13-10-11-15(4-2)16(18)14-17(19)20/h10-11,13H,3-9,12,14H2,1-2H3/p+1. The van der Waals surface area contributed by atoms with Crippen molar-refractivity contribution >= 4 is 5.97 Å². The number of hydrogen-bond donors (Lipinski definition) is 1. The zero-order chi connectivity index (χ0) is 14.8. The van der Waals surface area contributed by atoms with E-state index in [9.17, 15) is 4.79 Å². The van der Waals surface area contributed by atoms with Crippen LogP contribution in [0.1, 0.15) is 63.6 Å². The first-order chi connectivity index (χ1) is 9.69. The fraction of sp³-hybridized carbons (Fsp3) is 0.647. The molecule has 0 saturated carbocycles. The van der Waals surface area contributed by atoms with Gasteiger partial charge in [0.05, 0.1) is 0 Å². The van der Waals surface area contributed by atoms with Gasteiger partial charge >= 0.3 is 5.97 Å². The van der Waals surface area contributed by atoms with Crippen molar-refractivity contribution in [1.29, 1.82) is 0 Å². The maximum absolute atomic E-state index is 11.0. The summed E-state index contributed by atoms with van der Waals surface area (Å²) in [5.74, 6) is -0.748. The van der Waals surface area contributed by atoms with Crippen LogP contribution in [0.5, 0.6) is 0 Å². The summed E-state index contributed by atoms with van der Waals surface area (Å²) in [6.45, 7) is 5.24. The number of carbonyl (C=O) groups is 1. The van der Waals surface area contributed by atoms with Crippen molar-refractivity contribution in [2.75, 3.05) is 0 Å². The van der Waals surface area contributed by atoms with Gasteiger partial charge < -0.3 is 5.11 Å². The minimum Gasteiger partial charge on any atom is -0.481 e. The Labute approximate surface area is 122 Å². The van der Waals surface area contributed by atoms with Gasteiger partial charge in [0.15, 0.2) is 11.9 Å². The molecular weight excluding hydrogens is 250 g/mol. The quantitative estimate of drug-likeness (QED) is 0.525. The van der Waals surface area contributed by atoms with Gasteiger partial charge in [-0.25, -0.2) is 4.57 Å². The van der Waals surface area contributed by atoms with Crippen molar-refractivity contribution in [1.82, 2.24) is 0 Å². The van der Waals surface area contributed by atoms with Gasteiger partial charge in [-0.1, -0.05) is 39.5 Å². The molecule has 1 heterocycles. The number of pyridine rings is 1. The highest BCUT2D eigenvalue weighted by atomic mass is 16.4. The predicted molar refractivity (Wildman–Crippen MR) is 80.7 cm³/mol. The molecule has 0 spiro atoms. The molecule has 0 aliphatic carbocycles. The van der Waals surface area contributed by atoms with Crippen LogP contribution in [0.25, 0.3) is 0 Å². The topological polar surface area (TPSA) is 41.2 Å². The van der Waals surface area contributed by atoms with Gasteiger partial charge in [-0.2, -0.15) is 0 Å². The Morgan fingerprint density at radius 1 is 1.15 bits per heavy atom. The van der Waals surface area contributed by atoms with Crippen molar-refractivity contribution in [2.24, 2.45) is 0 Å². The lowest BCUT2D eigenvalue weighted by atomic mass is 10.1. The van der Waals surface area contributed by atoms with Crippen molar-refractivity contribution in [3.05, 3.63) is 29.6 Å². The van der Waals surface area contributed by atoms with Crippen LogP contribution < -0.4 is 4.57 Å². The molecule has 3 nitrogen and oxygen atoms in total. The zero-order valence-corrected chi connectivity index (χ0v) is 12.9. The summed E-state index contributed by atoms with van der Waals surface area (Å²) >= 11 is 0. The Morgan fingerprint density at radius 2 is 1.85 bits per heavy atom. The van der Waals surface area contributed by atoms with Gasteiger partial charge in [-0.15, -0.1) is 0 Å². The van der Waals surface area contributed by atoms with E-state index in [4.69, 9.17) is 5.11 Å². The van der Waals surface area contributed by atoms with Crippen LogP contribution in [0.3, 0.4) is 0 Å². The number of aliphatic carboxylic acids is 1. The molecule has 0 saturated heterocycles. The second-order valence-electron chi connectivity index (χ2n) is 5.37. The van der Waals surface area contributed by atoms with Gasteiger partial charge in [0.2, 0.25) is 0 Å². The molecule has 0 atom stereocenters. The van der Waals surface area contributed by atoms with Gasteiger partial charge in [-0.05, 0) is 18.9 Å². The van der Waals surface area contributed by atoms with Crippen LogP contribution >= 0.6 is 0 Å². The summed E-state index contributed by atoms with van der Waals surface area (Å²) in [5.41, 5.74) is 2.12. The van der Waals surface area contributed by atoms with E-state index in [0.717, 1.165) is 30.6 Å².